The Hall–Kier alpha value is -1.82. The molecule has 2 rings (SSSR count). The zero-order chi connectivity index (χ0) is 17.0. The first-order chi connectivity index (χ1) is 11.0. The van der Waals surface area contributed by atoms with Gasteiger partial charge in [0.25, 0.3) is 5.91 Å². The maximum Gasteiger partial charge on any atom is 0.257 e. The van der Waals surface area contributed by atoms with Crippen LogP contribution in [-0.4, -0.2) is 72.3 Å². The average Bonchev–Trinajstić information content (AvgIpc) is 2.87. The lowest BCUT2D eigenvalue weighted by atomic mass is 10.2. The van der Waals surface area contributed by atoms with Gasteiger partial charge in [0.2, 0.25) is 5.91 Å². The molecule has 2 heterocycles. The van der Waals surface area contributed by atoms with Crippen LogP contribution in [0.4, 0.5) is 0 Å². The topological polar surface area (TPSA) is 57.0 Å². The Morgan fingerprint density at radius 3 is 2.22 bits per heavy atom. The van der Waals surface area contributed by atoms with E-state index >= 15 is 0 Å². The van der Waals surface area contributed by atoms with Crippen LogP contribution < -0.4 is 0 Å². The number of aryl methyl sites for hydroxylation is 2. The number of nitrogens with zero attached hydrogens (tertiary/aromatic N) is 3. The van der Waals surface area contributed by atoms with Crippen LogP contribution in [-0.2, 0) is 4.79 Å². The van der Waals surface area contributed by atoms with Crippen molar-refractivity contribution in [2.45, 2.75) is 27.7 Å². The van der Waals surface area contributed by atoms with Gasteiger partial charge in [-0.25, -0.2) is 0 Å². The number of hydrogen-bond acceptors (Lipinski definition) is 4. The fourth-order valence-corrected chi connectivity index (χ4v) is 2.99. The summed E-state index contributed by atoms with van der Waals surface area (Å²) < 4.78 is 5.44. The molecule has 0 N–H and O–H groups in total. The molecule has 0 aliphatic carbocycles. The molecule has 0 atom stereocenters. The zero-order valence-electron chi connectivity index (χ0n) is 14.6. The van der Waals surface area contributed by atoms with Crippen molar-refractivity contribution in [2.24, 2.45) is 0 Å². The van der Waals surface area contributed by atoms with Crippen molar-refractivity contribution in [3.8, 4) is 0 Å². The summed E-state index contributed by atoms with van der Waals surface area (Å²) in [5.41, 5.74) is 0.648. The molecule has 1 aromatic rings. The van der Waals surface area contributed by atoms with E-state index in [1.807, 2.05) is 37.5 Å². The number of rotatable bonds is 5. The van der Waals surface area contributed by atoms with Crippen molar-refractivity contribution in [1.29, 1.82) is 0 Å². The van der Waals surface area contributed by atoms with Gasteiger partial charge in [0.15, 0.2) is 0 Å². The third-order valence-corrected chi connectivity index (χ3v) is 4.41. The fourth-order valence-electron chi connectivity index (χ4n) is 2.99. The van der Waals surface area contributed by atoms with Gasteiger partial charge in [-0.1, -0.05) is 0 Å². The van der Waals surface area contributed by atoms with E-state index in [1.165, 1.54) is 0 Å². The summed E-state index contributed by atoms with van der Waals surface area (Å²) in [6.45, 7) is 12.3. The minimum atomic E-state index is 0.0223. The Kier molecular flexibility index (Phi) is 5.82. The van der Waals surface area contributed by atoms with Crippen LogP contribution in [0.15, 0.2) is 10.5 Å². The number of piperazine rings is 1. The van der Waals surface area contributed by atoms with Crippen molar-refractivity contribution in [1.82, 2.24) is 14.7 Å². The summed E-state index contributed by atoms with van der Waals surface area (Å²) in [4.78, 5) is 30.5. The van der Waals surface area contributed by atoms with Crippen molar-refractivity contribution in [3.63, 3.8) is 0 Å². The van der Waals surface area contributed by atoms with E-state index in [-0.39, 0.29) is 11.8 Å². The lowest BCUT2D eigenvalue weighted by Gasteiger charge is -2.35. The molecular weight excluding hydrogens is 294 g/mol. The predicted molar refractivity (Wildman–Crippen MR) is 88.5 cm³/mol. The summed E-state index contributed by atoms with van der Waals surface area (Å²) in [5.74, 6) is 1.62. The van der Waals surface area contributed by atoms with E-state index in [1.54, 1.807) is 6.07 Å². The monoisotopic (exact) mass is 321 g/mol. The first kappa shape index (κ1) is 17.5. The molecule has 0 radical (unpaired) electrons. The minimum absolute atomic E-state index is 0.0223. The Balaban J connectivity index is 1.87. The number of likely N-dealkylation sites (N-methyl/N-ethyl adjacent to an activating group) is 1. The summed E-state index contributed by atoms with van der Waals surface area (Å²) >= 11 is 0. The molecule has 23 heavy (non-hydrogen) atoms. The van der Waals surface area contributed by atoms with Gasteiger partial charge in [0, 0.05) is 39.3 Å². The Bertz CT molecular complexity index is 555. The third-order valence-electron chi connectivity index (χ3n) is 4.41. The van der Waals surface area contributed by atoms with Crippen LogP contribution in [0.3, 0.4) is 0 Å². The summed E-state index contributed by atoms with van der Waals surface area (Å²) in [6.07, 6.45) is 0. The zero-order valence-corrected chi connectivity index (χ0v) is 14.6. The Morgan fingerprint density at radius 1 is 1.13 bits per heavy atom. The average molecular weight is 321 g/mol. The van der Waals surface area contributed by atoms with Crippen molar-refractivity contribution < 1.29 is 14.0 Å². The number of carbonyl (C=O) groups excluding carboxylic acids is 2. The molecule has 0 bridgehead atoms. The number of furan rings is 1. The van der Waals surface area contributed by atoms with E-state index < -0.39 is 0 Å². The Morgan fingerprint density at radius 2 is 1.74 bits per heavy atom. The molecule has 1 aliphatic rings. The van der Waals surface area contributed by atoms with Crippen molar-refractivity contribution in [3.05, 3.63) is 23.2 Å². The molecule has 6 nitrogen and oxygen atoms in total. The maximum atomic E-state index is 12.5. The molecule has 6 heteroatoms. The van der Waals surface area contributed by atoms with Crippen LogP contribution in [0.5, 0.6) is 0 Å². The quantitative estimate of drug-likeness (QED) is 0.825. The van der Waals surface area contributed by atoms with Gasteiger partial charge < -0.3 is 14.2 Å². The maximum absolute atomic E-state index is 12.5. The Labute approximate surface area is 138 Å². The SMILES string of the molecule is CCN(CC)C(=O)CN1CCN(C(=O)c2cc(C)oc2C)CC1. The highest BCUT2D eigenvalue weighted by Crippen LogP contribution is 2.17. The molecule has 1 fully saturated rings. The van der Waals surface area contributed by atoms with E-state index in [0.29, 0.717) is 31.0 Å². The van der Waals surface area contributed by atoms with Crippen LogP contribution in [0, 0.1) is 13.8 Å². The third kappa shape index (κ3) is 4.13. The van der Waals surface area contributed by atoms with Crippen molar-refractivity contribution in [2.75, 3.05) is 45.8 Å². The molecule has 1 saturated heterocycles. The second-order valence-electron chi connectivity index (χ2n) is 5.96. The lowest BCUT2D eigenvalue weighted by molar-refractivity contribution is -0.132. The summed E-state index contributed by atoms with van der Waals surface area (Å²) in [5, 5.41) is 0. The molecule has 0 aromatic carbocycles. The second-order valence-corrected chi connectivity index (χ2v) is 5.96. The fraction of sp³-hybridized carbons (Fsp3) is 0.647. The first-order valence-electron chi connectivity index (χ1n) is 8.32. The predicted octanol–water partition coefficient (Wildman–Crippen LogP) is 1.52. The standard InChI is InChI=1S/C17H27N3O3/c1-5-19(6-2)16(21)12-18-7-9-20(10-8-18)17(22)15-11-13(3)23-14(15)4/h11H,5-10,12H2,1-4H3. The highest BCUT2D eigenvalue weighted by Gasteiger charge is 2.26. The van der Waals surface area contributed by atoms with Gasteiger partial charge in [-0.2, -0.15) is 0 Å². The number of carbonyl (C=O) groups is 2. The van der Waals surface area contributed by atoms with Crippen molar-refractivity contribution >= 4 is 11.8 Å². The second kappa shape index (κ2) is 7.64. The summed E-state index contributed by atoms with van der Waals surface area (Å²) in [7, 11) is 0. The highest BCUT2D eigenvalue weighted by molar-refractivity contribution is 5.95. The molecule has 0 unspecified atom stereocenters. The van der Waals surface area contributed by atoms with Gasteiger partial charge in [0.1, 0.15) is 11.5 Å². The van der Waals surface area contributed by atoms with E-state index in [4.69, 9.17) is 4.42 Å². The van der Waals surface area contributed by atoms with Gasteiger partial charge >= 0.3 is 0 Å². The van der Waals surface area contributed by atoms with E-state index in [2.05, 4.69) is 4.90 Å². The minimum Gasteiger partial charge on any atom is -0.466 e. The van der Waals surface area contributed by atoms with E-state index in [0.717, 1.165) is 31.9 Å². The largest absolute Gasteiger partial charge is 0.466 e. The van der Waals surface area contributed by atoms with Gasteiger partial charge in [-0.3, -0.25) is 14.5 Å². The molecule has 0 saturated carbocycles. The molecule has 2 amide bonds. The van der Waals surface area contributed by atoms with Gasteiger partial charge in [0.05, 0.1) is 12.1 Å². The normalized spacial score (nSPS) is 15.7. The molecule has 0 spiro atoms. The summed E-state index contributed by atoms with van der Waals surface area (Å²) in [6, 6.07) is 1.80. The lowest BCUT2D eigenvalue weighted by Crippen LogP contribution is -2.51. The first-order valence-corrected chi connectivity index (χ1v) is 8.32. The number of amides is 2. The van der Waals surface area contributed by atoms with Crippen LogP contribution in [0.1, 0.15) is 35.7 Å². The molecular formula is C17H27N3O3. The molecule has 1 aliphatic heterocycles. The smallest absolute Gasteiger partial charge is 0.257 e. The van der Waals surface area contributed by atoms with Gasteiger partial charge in [-0.05, 0) is 33.8 Å². The number of hydrogen-bond donors (Lipinski definition) is 0. The highest BCUT2D eigenvalue weighted by atomic mass is 16.3. The molecule has 128 valence electrons. The van der Waals surface area contributed by atoms with Crippen LogP contribution in [0.25, 0.3) is 0 Å². The van der Waals surface area contributed by atoms with Crippen LogP contribution in [0.2, 0.25) is 0 Å². The van der Waals surface area contributed by atoms with Gasteiger partial charge in [-0.15, -0.1) is 0 Å². The van der Waals surface area contributed by atoms with E-state index in [9.17, 15) is 9.59 Å². The molecule has 1 aromatic heterocycles. The van der Waals surface area contributed by atoms with Crippen LogP contribution >= 0.6 is 0 Å².